The predicted octanol–water partition coefficient (Wildman–Crippen LogP) is 12.7. The highest BCUT2D eigenvalue weighted by atomic mass is 15.2. The van der Waals surface area contributed by atoms with Crippen LogP contribution in [0.1, 0.15) is 70.7 Å². The molecule has 0 saturated carbocycles. The standard InChI is InChI=1S/C58H42N8/c1-3-51-59-45-23-13-15-25-49(45)65(51)53-33-47(35-17-7-5-8-18-35)61-57(63-53)37-27-29-41-43(31-37)55-39-21-11-12-22-40(39)56(41)44-32-38(28-30-42(44)55)58-62-48(36-19-9-6-10-20-36)34-54(64-58)66-50-26-16-14-24-46(50)60-52(66)4-2/h5-34,55-56H,3-4H2,1-2H3/t55-,56?/m1/s1. The van der Waals surface area contributed by atoms with Crippen LogP contribution in [-0.2, 0) is 12.8 Å². The topological polar surface area (TPSA) is 87.2 Å². The summed E-state index contributed by atoms with van der Waals surface area (Å²) in [5.74, 6) is 4.96. The van der Waals surface area contributed by atoms with Gasteiger partial charge in [0.15, 0.2) is 11.6 Å². The van der Waals surface area contributed by atoms with Gasteiger partial charge in [0.2, 0.25) is 0 Å². The van der Waals surface area contributed by atoms with Crippen molar-refractivity contribution in [2.45, 2.75) is 38.5 Å². The van der Waals surface area contributed by atoms with E-state index >= 15 is 0 Å². The molecule has 66 heavy (non-hydrogen) atoms. The third-order valence-corrected chi connectivity index (χ3v) is 13.5. The summed E-state index contributed by atoms with van der Waals surface area (Å²) in [6.07, 6.45) is 1.54. The molecular weight excluding hydrogens is 809 g/mol. The second-order valence-corrected chi connectivity index (χ2v) is 17.2. The SMILES string of the molecule is CCc1nc2ccccc2n1-c1cc(-c2ccccc2)nc(-c2ccc3c(c2)C2c4ccccc4[C@H]3c3cc(-c4nc(-c5ccccc5)cc(-n5c(CC)nc6ccccc65)n4)ccc32)n1. The molecule has 3 aliphatic carbocycles. The Kier molecular flexibility index (Phi) is 8.74. The first kappa shape index (κ1) is 38.1. The monoisotopic (exact) mass is 850 g/mol. The maximum atomic E-state index is 5.35. The van der Waals surface area contributed by atoms with Crippen LogP contribution in [-0.4, -0.2) is 39.0 Å². The van der Waals surface area contributed by atoms with Crippen molar-refractivity contribution in [2.75, 3.05) is 0 Å². The van der Waals surface area contributed by atoms with Crippen LogP contribution in [0.15, 0.2) is 182 Å². The molecule has 7 aromatic carbocycles. The Labute approximate surface area is 382 Å². The highest BCUT2D eigenvalue weighted by Gasteiger charge is 2.41. The van der Waals surface area contributed by atoms with E-state index in [4.69, 9.17) is 29.9 Å². The first-order valence-corrected chi connectivity index (χ1v) is 22.8. The molecular formula is C58H42N8. The second kappa shape index (κ2) is 15.1. The van der Waals surface area contributed by atoms with Crippen molar-refractivity contribution in [3.05, 3.63) is 227 Å². The number of benzene rings is 7. The molecule has 2 atom stereocenters. The van der Waals surface area contributed by atoms with Crippen LogP contribution in [0.4, 0.5) is 0 Å². The lowest BCUT2D eigenvalue weighted by Gasteiger charge is -2.42. The molecule has 0 spiro atoms. The predicted molar refractivity (Wildman–Crippen MR) is 262 cm³/mol. The Morgan fingerprint density at radius 3 is 1.18 bits per heavy atom. The Bertz CT molecular complexity index is 3460. The number of para-hydroxylation sites is 4. The van der Waals surface area contributed by atoms with Gasteiger partial charge in [0.25, 0.3) is 0 Å². The van der Waals surface area contributed by atoms with Gasteiger partial charge in [-0.05, 0) is 69.8 Å². The molecule has 8 heteroatoms. The molecule has 0 radical (unpaired) electrons. The minimum absolute atomic E-state index is 0.0304. The third kappa shape index (κ3) is 5.98. The third-order valence-electron chi connectivity index (χ3n) is 13.5. The van der Waals surface area contributed by atoms with Gasteiger partial charge >= 0.3 is 0 Å². The van der Waals surface area contributed by atoms with Crippen molar-refractivity contribution >= 4 is 22.1 Å². The second-order valence-electron chi connectivity index (χ2n) is 17.2. The minimum Gasteiger partial charge on any atom is -0.280 e. The molecule has 0 aliphatic heterocycles. The molecule has 2 bridgehead atoms. The van der Waals surface area contributed by atoms with Crippen molar-refractivity contribution in [1.82, 2.24) is 39.0 Å². The van der Waals surface area contributed by atoms with Crippen molar-refractivity contribution in [1.29, 1.82) is 0 Å². The number of hydrogen-bond donors (Lipinski definition) is 0. The first-order valence-electron chi connectivity index (χ1n) is 22.8. The Balaban J connectivity index is 0.960. The normalized spacial score (nSPS) is 14.6. The minimum atomic E-state index is 0.0304. The van der Waals surface area contributed by atoms with Crippen LogP contribution < -0.4 is 0 Å². The van der Waals surface area contributed by atoms with Gasteiger partial charge in [-0.15, -0.1) is 0 Å². The first-order chi connectivity index (χ1) is 32.6. The van der Waals surface area contributed by atoms with Gasteiger partial charge in [-0.25, -0.2) is 29.9 Å². The number of nitrogens with zero attached hydrogens (tertiary/aromatic N) is 8. The zero-order chi connectivity index (χ0) is 43.9. The summed E-state index contributed by atoms with van der Waals surface area (Å²) >= 11 is 0. The fraction of sp³-hybridized carbons (Fsp3) is 0.103. The summed E-state index contributed by atoms with van der Waals surface area (Å²) in [4.78, 5) is 31.3. The van der Waals surface area contributed by atoms with E-state index in [0.29, 0.717) is 11.6 Å². The number of fused-ring (bicyclic) bond motifs is 2. The van der Waals surface area contributed by atoms with Crippen LogP contribution >= 0.6 is 0 Å². The van der Waals surface area contributed by atoms with Gasteiger partial charge in [0.05, 0.1) is 33.5 Å². The van der Waals surface area contributed by atoms with Gasteiger partial charge in [0.1, 0.15) is 23.3 Å². The van der Waals surface area contributed by atoms with Crippen LogP contribution in [0.5, 0.6) is 0 Å². The summed E-state index contributed by atoms with van der Waals surface area (Å²) in [7, 11) is 0. The summed E-state index contributed by atoms with van der Waals surface area (Å²) in [5.41, 5.74) is 17.6. The number of hydrogen-bond acceptors (Lipinski definition) is 6. The maximum absolute atomic E-state index is 5.35. The van der Waals surface area contributed by atoms with Crippen LogP contribution in [0.25, 0.3) is 79.0 Å². The van der Waals surface area contributed by atoms with E-state index < -0.39 is 0 Å². The molecule has 8 nitrogen and oxygen atoms in total. The highest BCUT2D eigenvalue weighted by molar-refractivity contribution is 5.81. The van der Waals surface area contributed by atoms with E-state index in [9.17, 15) is 0 Å². The van der Waals surface area contributed by atoms with Gasteiger partial charge in [0, 0.05) is 59.1 Å². The van der Waals surface area contributed by atoms with Crippen molar-refractivity contribution in [3.63, 3.8) is 0 Å². The molecule has 314 valence electrons. The molecule has 0 fully saturated rings. The molecule has 0 amide bonds. The average Bonchev–Trinajstić information content (AvgIpc) is 3.97. The van der Waals surface area contributed by atoms with Gasteiger partial charge in [-0.3, -0.25) is 9.13 Å². The van der Waals surface area contributed by atoms with Crippen LogP contribution in [0.3, 0.4) is 0 Å². The summed E-state index contributed by atoms with van der Waals surface area (Å²) in [6.45, 7) is 4.29. The molecule has 0 N–H and O–H groups in total. The zero-order valence-corrected chi connectivity index (χ0v) is 36.5. The fourth-order valence-electron chi connectivity index (χ4n) is 10.5. The summed E-state index contributed by atoms with van der Waals surface area (Å²) in [6, 6.07) is 64.3. The van der Waals surface area contributed by atoms with Crippen LogP contribution in [0.2, 0.25) is 0 Å². The summed E-state index contributed by atoms with van der Waals surface area (Å²) in [5, 5.41) is 0. The zero-order valence-electron chi connectivity index (χ0n) is 36.5. The smallest absolute Gasteiger partial charge is 0.162 e. The quantitative estimate of drug-likeness (QED) is 0.151. The number of aryl methyl sites for hydroxylation is 2. The van der Waals surface area contributed by atoms with E-state index in [1.54, 1.807) is 0 Å². The highest BCUT2D eigenvalue weighted by Crippen LogP contribution is 2.56. The largest absolute Gasteiger partial charge is 0.280 e. The van der Waals surface area contributed by atoms with E-state index in [1.165, 1.54) is 33.4 Å². The summed E-state index contributed by atoms with van der Waals surface area (Å²) < 4.78 is 4.39. The number of aromatic nitrogens is 8. The van der Waals surface area contributed by atoms with Crippen LogP contribution in [0, 0.1) is 0 Å². The lowest BCUT2D eigenvalue weighted by Crippen LogP contribution is -2.27. The lowest BCUT2D eigenvalue weighted by molar-refractivity contribution is 0.754. The number of rotatable bonds is 8. The van der Waals surface area contributed by atoms with Gasteiger partial charge < -0.3 is 0 Å². The molecule has 4 aromatic heterocycles. The number of imidazole rings is 2. The lowest BCUT2D eigenvalue weighted by atomic mass is 9.61. The fourth-order valence-corrected chi connectivity index (χ4v) is 10.5. The van der Waals surface area contributed by atoms with Gasteiger partial charge in [-0.1, -0.05) is 147 Å². The Hall–Kier alpha value is -8.36. The average molecular weight is 851 g/mol. The Morgan fingerprint density at radius 1 is 0.348 bits per heavy atom. The van der Waals surface area contributed by atoms with Crippen molar-refractivity contribution in [3.8, 4) is 56.9 Å². The molecule has 14 rings (SSSR count). The molecule has 1 unspecified atom stereocenters. The van der Waals surface area contributed by atoms with E-state index in [1.807, 2.05) is 24.3 Å². The van der Waals surface area contributed by atoms with Crippen molar-refractivity contribution < 1.29 is 0 Å². The van der Waals surface area contributed by atoms with E-state index in [-0.39, 0.29) is 11.8 Å². The molecule has 11 aromatic rings. The van der Waals surface area contributed by atoms with Gasteiger partial charge in [-0.2, -0.15) is 0 Å². The van der Waals surface area contributed by atoms with E-state index in [2.05, 4.69) is 181 Å². The Morgan fingerprint density at radius 2 is 0.742 bits per heavy atom. The molecule has 4 heterocycles. The molecule has 0 saturated heterocycles. The maximum Gasteiger partial charge on any atom is 0.162 e. The van der Waals surface area contributed by atoms with Crippen molar-refractivity contribution in [2.24, 2.45) is 0 Å². The van der Waals surface area contributed by atoms with E-state index in [0.717, 1.165) is 91.8 Å². The molecule has 3 aliphatic rings.